The number of aliphatic imine (C=N–C) groups is 1. The van der Waals surface area contributed by atoms with Crippen molar-refractivity contribution in [3.05, 3.63) is 6.33 Å². The second kappa shape index (κ2) is 2.01. The summed E-state index contributed by atoms with van der Waals surface area (Å²) in [6, 6.07) is 0. The Labute approximate surface area is 70.2 Å². The molecule has 0 amide bonds. The van der Waals surface area contributed by atoms with Gasteiger partial charge in [0, 0.05) is 0 Å². The lowest BCUT2D eigenvalue weighted by Crippen LogP contribution is -2.37. The van der Waals surface area contributed by atoms with Gasteiger partial charge in [0.05, 0.1) is 14.1 Å². The summed E-state index contributed by atoms with van der Waals surface area (Å²) in [6.45, 7) is 0. The molecule has 1 aliphatic rings. The van der Waals surface area contributed by atoms with Crippen LogP contribution in [-0.2, 0) is 0 Å². The fourth-order valence-corrected chi connectivity index (χ4v) is 1.18. The maximum atomic E-state index is 5.62. The Morgan fingerprint density at radius 1 is 1.33 bits per heavy atom. The molecule has 12 heavy (non-hydrogen) atoms. The van der Waals surface area contributed by atoms with Crippen LogP contribution < -0.4 is 10.2 Å². The van der Waals surface area contributed by atoms with E-state index in [-0.39, 0.29) is 0 Å². The van der Waals surface area contributed by atoms with Crippen LogP contribution in [0.25, 0.3) is 0 Å². The van der Waals surface area contributed by atoms with Crippen LogP contribution in [0.15, 0.2) is 11.3 Å². The average molecular weight is 164 g/mol. The standard InChI is InChI=1S/C7H10N5/c1-12(2)4-11-5-6(8)9-3-10-7(5)12/h3-4H,1-2H3,(H2,8,9,10)/q+1. The highest BCUT2D eigenvalue weighted by Gasteiger charge is 2.30. The van der Waals surface area contributed by atoms with Crippen LogP contribution in [0, 0.1) is 0 Å². The molecule has 0 aliphatic carbocycles. The number of hydrogen-bond donors (Lipinski definition) is 1. The summed E-state index contributed by atoms with van der Waals surface area (Å²) < 4.78 is 0.530. The lowest BCUT2D eigenvalue weighted by atomic mass is 10.4. The largest absolute Gasteiger partial charge is 0.382 e. The third kappa shape index (κ3) is 0.799. The molecule has 62 valence electrons. The highest BCUT2D eigenvalue weighted by atomic mass is 15.4. The Bertz CT molecular complexity index is 355. The van der Waals surface area contributed by atoms with Gasteiger partial charge in [0.25, 0.3) is 5.82 Å². The van der Waals surface area contributed by atoms with Crippen molar-refractivity contribution in [1.82, 2.24) is 14.5 Å². The van der Waals surface area contributed by atoms with E-state index >= 15 is 0 Å². The van der Waals surface area contributed by atoms with Gasteiger partial charge in [-0.1, -0.05) is 0 Å². The highest BCUT2D eigenvalue weighted by Crippen LogP contribution is 2.36. The summed E-state index contributed by atoms with van der Waals surface area (Å²) in [5.74, 6) is 1.29. The van der Waals surface area contributed by atoms with Crippen molar-refractivity contribution in [2.75, 3.05) is 19.8 Å². The molecule has 0 aromatic carbocycles. The molecule has 5 heteroatoms. The third-order valence-corrected chi connectivity index (χ3v) is 1.85. The van der Waals surface area contributed by atoms with Crippen molar-refractivity contribution < 1.29 is 0 Å². The van der Waals surface area contributed by atoms with Crippen molar-refractivity contribution in [2.24, 2.45) is 4.99 Å². The third-order valence-electron chi connectivity index (χ3n) is 1.85. The maximum Gasteiger partial charge on any atom is 0.264 e. The van der Waals surface area contributed by atoms with Gasteiger partial charge >= 0.3 is 0 Å². The number of anilines is 1. The van der Waals surface area contributed by atoms with E-state index in [9.17, 15) is 0 Å². The zero-order valence-corrected chi connectivity index (χ0v) is 7.02. The highest BCUT2D eigenvalue weighted by molar-refractivity contribution is 5.89. The number of aromatic nitrogens is 2. The van der Waals surface area contributed by atoms with E-state index in [0.29, 0.717) is 16.0 Å². The molecule has 1 aliphatic heterocycles. The van der Waals surface area contributed by atoms with E-state index in [1.54, 1.807) is 6.34 Å². The van der Waals surface area contributed by atoms with Gasteiger partial charge in [-0.2, -0.15) is 9.98 Å². The van der Waals surface area contributed by atoms with Crippen LogP contribution in [0.5, 0.6) is 0 Å². The minimum absolute atomic E-state index is 0.444. The number of rotatable bonds is 0. The maximum absolute atomic E-state index is 5.62. The zero-order valence-electron chi connectivity index (χ0n) is 7.02. The minimum Gasteiger partial charge on any atom is -0.382 e. The number of fused-ring (bicyclic) bond motifs is 1. The second-order valence-electron chi connectivity index (χ2n) is 3.22. The first-order chi connectivity index (χ1) is 5.61. The van der Waals surface area contributed by atoms with E-state index in [1.165, 1.54) is 6.33 Å². The van der Waals surface area contributed by atoms with Gasteiger partial charge in [-0.05, 0) is 0 Å². The van der Waals surface area contributed by atoms with Crippen LogP contribution in [0.4, 0.5) is 17.3 Å². The van der Waals surface area contributed by atoms with Crippen molar-refractivity contribution in [1.29, 1.82) is 0 Å². The number of nitrogen functional groups attached to an aromatic ring is 1. The fraction of sp³-hybridized carbons (Fsp3) is 0.286. The summed E-state index contributed by atoms with van der Waals surface area (Å²) in [5.41, 5.74) is 6.31. The molecule has 2 rings (SSSR count). The van der Waals surface area contributed by atoms with Gasteiger partial charge in [0.2, 0.25) is 0 Å². The summed E-state index contributed by atoms with van der Waals surface area (Å²) in [4.78, 5) is 12.1. The summed E-state index contributed by atoms with van der Waals surface area (Å²) in [5, 5.41) is 0. The van der Waals surface area contributed by atoms with Gasteiger partial charge in [-0.3, -0.25) is 0 Å². The van der Waals surface area contributed by atoms with E-state index in [2.05, 4.69) is 15.0 Å². The Morgan fingerprint density at radius 2 is 2.08 bits per heavy atom. The van der Waals surface area contributed by atoms with Crippen LogP contribution in [0.1, 0.15) is 0 Å². The Kier molecular flexibility index (Phi) is 1.20. The van der Waals surface area contributed by atoms with Crippen LogP contribution in [0.2, 0.25) is 0 Å². The average Bonchev–Trinajstić information content (AvgIpc) is 2.30. The van der Waals surface area contributed by atoms with Gasteiger partial charge in [0.15, 0.2) is 17.8 Å². The summed E-state index contributed by atoms with van der Waals surface area (Å²) in [6.07, 6.45) is 3.25. The monoisotopic (exact) mass is 164 g/mol. The number of hydrogen-bond acceptors (Lipinski definition) is 4. The Morgan fingerprint density at radius 3 is 2.75 bits per heavy atom. The molecule has 0 saturated carbocycles. The van der Waals surface area contributed by atoms with Crippen molar-refractivity contribution >= 4 is 23.7 Å². The quantitative estimate of drug-likeness (QED) is 0.561. The van der Waals surface area contributed by atoms with Crippen LogP contribution in [0.3, 0.4) is 0 Å². The van der Waals surface area contributed by atoms with Gasteiger partial charge < -0.3 is 5.73 Å². The summed E-state index contributed by atoms with van der Waals surface area (Å²) in [7, 11) is 3.98. The molecule has 1 aromatic heterocycles. The first kappa shape index (κ1) is 7.17. The normalized spacial score (nSPS) is 17.8. The van der Waals surface area contributed by atoms with E-state index in [1.807, 2.05) is 14.1 Å². The lowest BCUT2D eigenvalue weighted by molar-refractivity contribution is 0.607. The molecule has 2 N–H and O–H groups in total. The molecular weight excluding hydrogens is 154 g/mol. The molecule has 0 atom stereocenters. The SMILES string of the molecule is C[N+]1(C)C=Nc2c(N)ncnc21. The number of nitrogens with zero attached hydrogens (tertiary/aromatic N) is 4. The second-order valence-corrected chi connectivity index (χ2v) is 3.22. The topological polar surface area (TPSA) is 64.2 Å². The first-order valence-electron chi connectivity index (χ1n) is 3.61. The van der Waals surface area contributed by atoms with Crippen LogP contribution in [-0.4, -0.2) is 30.4 Å². The first-order valence-corrected chi connectivity index (χ1v) is 3.61. The van der Waals surface area contributed by atoms with E-state index in [4.69, 9.17) is 5.73 Å². The molecule has 0 unspecified atom stereocenters. The Hall–Kier alpha value is -1.49. The van der Waals surface area contributed by atoms with E-state index < -0.39 is 0 Å². The fourth-order valence-electron chi connectivity index (χ4n) is 1.18. The van der Waals surface area contributed by atoms with Gasteiger partial charge in [-0.15, -0.1) is 0 Å². The molecule has 1 aromatic rings. The number of nitrogens with two attached hydrogens (primary N) is 1. The van der Waals surface area contributed by atoms with Crippen molar-refractivity contribution in [3.8, 4) is 0 Å². The molecule has 0 bridgehead atoms. The van der Waals surface area contributed by atoms with Gasteiger partial charge in [-0.25, -0.2) is 9.47 Å². The zero-order chi connectivity index (χ0) is 8.77. The predicted molar refractivity (Wildman–Crippen MR) is 48.2 cm³/mol. The molecule has 0 fully saturated rings. The van der Waals surface area contributed by atoms with E-state index in [0.717, 1.165) is 5.82 Å². The number of quaternary nitrogens is 1. The molecule has 0 spiro atoms. The van der Waals surface area contributed by atoms with Crippen molar-refractivity contribution in [3.63, 3.8) is 0 Å². The summed E-state index contributed by atoms with van der Waals surface area (Å²) >= 11 is 0. The molecular formula is C7H10N5+. The molecule has 2 heterocycles. The van der Waals surface area contributed by atoms with Crippen molar-refractivity contribution in [2.45, 2.75) is 0 Å². The Balaban J connectivity index is 2.68. The molecule has 5 nitrogen and oxygen atoms in total. The molecule has 0 radical (unpaired) electrons. The van der Waals surface area contributed by atoms with Crippen LogP contribution >= 0.6 is 0 Å². The predicted octanol–water partition coefficient (Wildman–Crippen LogP) is 0.299. The smallest absolute Gasteiger partial charge is 0.264 e. The lowest BCUT2D eigenvalue weighted by Gasteiger charge is -2.16. The van der Waals surface area contributed by atoms with Gasteiger partial charge in [0.1, 0.15) is 6.33 Å². The molecule has 0 saturated heterocycles. The minimum atomic E-state index is 0.444.